The molecule has 0 heterocycles. The van der Waals surface area contributed by atoms with Crippen molar-refractivity contribution in [1.82, 2.24) is 0 Å². The van der Waals surface area contributed by atoms with Gasteiger partial charge in [-0.3, -0.25) is 20.6 Å². The summed E-state index contributed by atoms with van der Waals surface area (Å²) in [6.45, 7) is 0.208. The summed E-state index contributed by atoms with van der Waals surface area (Å²) >= 11 is 0. The van der Waals surface area contributed by atoms with E-state index >= 15 is 0 Å². The summed E-state index contributed by atoms with van der Waals surface area (Å²) in [5, 5.41) is 19.7. The predicted octanol–water partition coefficient (Wildman–Crippen LogP) is 0.301. The minimum absolute atomic E-state index is 0.139. The molecular weight excluding hydrogens is 216 g/mol. The quantitative estimate of drug-likeness (QED) is 0.323. The Hall–Kier alpha value is -2.15. The number of nitrogens with zero attached hydrogens (tertiary/aromatic N) is 1. The summed E-state index contributed by atoms with van der Waals surface area (Å²) in [7, 11) is 0. The smallest absolute Gasteiger partial charge is 0.310 e. The van der Waals surface area contributed by atoms with Crippen LogP contribution >= 0.6 is 0 Å². The van der Waals surface area contributed by atoms with E-state index in [2.05, 4.69) is 4.74 Å². The van der Waals surface area contributed by atoms with Crippen molar-refractivity contribution < 1.29 is 19.6 Å². The second-order valence-electron chi connectivity index (χ2n) is 3.06. The molecule has 0 aliphatic carbocycles. The molecule has 0 unspecified atom stereocenters. The molecule has 86 valence electrons. The number of hydrogen-bond donors (Lipinski definition) is 2. The monoisotopic (exact) mass is 226 g/mol. The van der Waals surface area contributed by atoms with Gasteiger partial charge in [-0.1, -0.05) is 6.07 Å². The lowest BCUT2D eigenvalue weighted by Gasteiger charge is -2.09. The van der Waals surface area contributed by atoms with E-state index in [1.54, 1.807) is 0 Å². The normalized spacial score (nSPS) is 11.8. The summed E-state index contributed by atoms with van der Waals surface area (Å²) in [5.41, 5.74) is 5.49. The van der Waals surface area contributed by atoms with Gasteiger partial charge in [0, 0.05) is 12.5 Å². The fourth-order valence-electron chi connectivity index (χ4n) is 1.19. The largest absolute Gasteiger partial charge is 0.502 e. The van der Waals surface area contributed by atoms with Crippen molar-refractivity contribution in [3.05, 3.63) is 33.9 Å². The lowest BCUT2D eigenvalue weighted by molar-refractivity contribution is -0.385. The number of aromatic hydroxyl groups is 1. The fourth-order valence-corrected chi connectivity index (χ4v) is 1.19. The third-order valence-electron chi connectivity index (χ3n) is 1.90. The molecule has 0 bridgehead atoms. The molecule has 16 heavy (non-hydrogen) atoms. The number of nitro benzene ring substituents is 1. The van der Waals surface area contributed by atoms with Crippen molar-refractivity contribution >= 4 is 12.2 Å². The number of carbonyl (C=O) groups is 1. The van der Waals surface area contributed by atoms with Crippen LogP contribution in [0.25, 0.3) is 0 Å². The van der Waals surface area contributed by atoms with Gasteiger partial charge < -0.3 is 9.84 Å². The van der Waals surface area contributed by atoms with Crippen molar-refractivity contribution in [2.24, 2.45) is 5.73 Å². The predicted molar refractivity (Wildman–Crippen MR) is 53.6 cm³/mol. The van der Waals surface area contributed by atoms with E-state index in [-0.39, 0.29) is 12.9 Å². The van der Waals surface area contributed by atoms with Gasteiger partial charge in [-0.2, -0.15) is 0 Å². The molecule has 1 aromatic carbocycles. The summed E-state index contributed by atoms with van der Waals surface area (Å²) < 4.78 is 4.44. The maximum absolute atomic E-state index is 10.5. The number of ether oxygens (including phenoxy) is 1. The highest BCUT2D eigenvalue weighted by Gasteiger charge is 2.14. The van der Waals surface area contributed by atoms with Crippen LogP contribution in [0.3, 0.4) is 0 Å². The van der Waals surface area contributed by atoms with Crippen molar-refractivity contribution in [3.8, 4) is 5.75 Å². The number of hydrogen-bond acceptors (Lipinski definition) is 6. The Morgan fingerprint density at radius 1 is 1.62 bits per heavy atom. The van der Waals surface area contributed by atoms with E-state index in [1.165, 1.54) is 18.2 Å². The molecule has 0 radical (unpaired) electrons. The van der Waals surface area contributed by atoms with Crippen molar-refractivity contribution in [1.29, 1.82) is 0 Å². The van der Waals surface area contributed by atoms with Gasteiger partial charge in [0.1, 0.15) is 0 Å². The summed E-state index contributed by atoms with van der Waals surface area (Å²) in [4.78, 5) is 19.8. The van der Waals surface area contributed by atoms with Crippen LogP contribution in [0, 0.1) is 10.1 Å². The fraction of sp³-hybridized carbons (Fsp3) is 0.222. The van der Waals surface area contributed by atoms with Gasteiger partial charge in [0.05, 0.1) is 4.92 Å². The van der Waals surface area contributed by atoms with Gasteiger partial charge in [-0.25, -0.2) is 0 Å². The number of phenols is 1. The topological polar surface area (TPSA) is 116 Å². The molecule has 0 saturated heterocycles. The van der Waals surface area contributed by atoms with Crippen LogP contribution < -0.4 is 5.73 Å². The van der Waals surface area contributed by atoms with Gasteiger partial charge in [-0.05, 0) is 11.6 Å². The second kappa shape index (κ2) is 5.08. The minimum atomic E-state index is -0.860. The Labute approximate surface area is 90.6 Å². The molecule has 0 amide bonds. The molecule has 1 aromatic rings. The summed E-state index contributed by atoms with van der Waals surface area (Å²) in [5.74, 6) is -0.418. The molecule has 0 aromatic heterocycles. The van der Waals surface area contributed by atoms with Crippen LogP contribution in [0.1, 0.15) is 5.56 Å². The van der Waals surface area contributed by atoms with E-state index in [1.807, 2.05) is 0 Å². The Kier molecular flexibility index (Phi) is 3.78. The molecule has 0 saturated carbocycles. The molecule has 0 fully saturated rings. The molecular formula is C9H10N2O5. The first kappa shape index (κ1) is 11.9. The average molecular weight is 226 g/mol. The molecule has 7 heteroatoms. The Bertz CT molecular complexity index is 407. The summed E-state index contributed by atoms with van der Waals surface area (Å²) in [6, 6.07) is 3.85. The zero-order valence-corrected chi connectivity index (χ0v) is 8.20. The molecule has 0 aliphatic rings. The van der Waals surface area contributed by atoms with Gasteiger partial charge in [0.25, 0.3) is 6.47 Å². The number of carbonyl (C=O) groups excluding carboxylic acids is 1. The van der Waals surface area contributed by atoms with Gasteiger partial charge in [0.15, 0.2) is 12.0 Å². The van der Waals surface area contributed by atoms with Crippen LogP contribution in [-0.2, 0) is 16.0 Å². The number of phenolic OH excluding ortho intramolecular Hbond substituents is 1. The maximum atomic E-state index is 10.5. The minimum Gasteiger partial charge on any atom is -0.502 e. The molecule has 3 N–H and O–H groups in total. The van der Waals surface area contributed by atoms with Gasteiger partial charge >= 0.3 is 5.69 Å². The van der Waals surface area contributed by atoms with E-state index in [9.17, 15) is 20.0 Å². The molecule has 7 nitrogen and oxygen atoms in total. The van der Waals surface area contributed by atoms with E-state index < -0.39 is 22.6 Å². The standard InChI is InChI=1S/C9H10N2O5/c10-9(16-5-12)4-6-1-2-8(13)7(3-6)11(14)15/h1-3,5,9,13H,4,10H2/t9-/m1/s1. The van der Waals surface area contributed by atoms with Crippen LogP contribution in [0.2, 0.25) is 0 Å². The third-order valence-corrected chi connectivity index (χ3v) is 1.90. The van der Waals surface area contributed by atoms with Gasteiger partial charge in [0.2, 0.25) is 0 Å². The zero-order chi connectivity index (χ0) is 12.1. The number of nitro groups is 1. The number of benzene rings is 1. The Morgan fingerprint density at radius 3 is 2.88 bits per heavy atom. The number of rotatable bonds is 5. The van der Waals surface area contributed by atoms with E-state index in [0.717, 1.165) is 0 Å². The molecule has 1 rings (SSSR count). The first-order chi connectivity index (χ1) is 7.54. The SMILES string of the molecule is N[C@@H](Cc1ccc(O)c([N+](=O)[O-])c1)OC=O. The van der Waals surface area contributed by atoms with Crippen molar-refractivity contribution in [2.45, 2.75) is 12.6 Å². The lowest BCUT2D eigenvalue weighted by Crippen LogP contribution is -2.25. The highest BCUT2D eigenvalue weighted by atomic mass is 16.6. The third kappa shape index (κ3) is 2.92. The maximum Gasteiger partial charge on any atom is 0.310 e. The van der Waals surface area contributed by atoms with E-state index in [4.69, 9.17) is 5.73 Å². The summed E-state index contributed by atoms with van der Waals surface area (Å²) in [6.07, 6.45) is -0.721. The van der Waals surface area contributed by atoms with Crippen molar-refractivity contribution in [3.63, 3.8) is 0 Å². The lowest BCUT2D eigenvalue weighted by atomic mass is 10.1. The van der Waals surface area contributed by atoms with Crippen LogP contribution in [-0.4, -0.2) is 22.7 Å². The Morgan fingerprint density at radius 2 is 2.31 bits per heavy atom. The second-order valence-corrected chi connectivity index (χ2v) is 3.06. The van der Waals surface area contributed by atoms with Gasteiger partial charge in [-0.15, -0.1) is 0 Å². The first-order valence-corrected chi connectivity index (χ1v) is 4.35. The Balaban J connectivity index is 2.86. The van der Waals surface area contributed by atoms with Crippen LogP contribution in [0.4, 0.5) is 5.69 Å². The molecule has 0 aliphatic heterocycles. The van der Waals surface area contributed by atoms with Crippen LogP contribution in [0.5, 0.6) is 5.75 Å². The zero-order valence-electron chi connectivity index (χ0n) is 8.20. The van der Waals surface area contributed by atoms with E-state index in [0.29, 0.717) is 5.56 Å². The first-order valence-electron chi connectivity index (χ1n) is 4.35. The highest BCUT2D eigenvalue weighted by molar-refractivity contribution is 5.47. The molecule has 0 spiro atoms. The average Bonchev–Trinajstić information content (AvgIpc) is 2.21. The molecule has 1 atom stereocenters. The van der Waals surface area contributed by atoms with Crippen LogP contribution in [0.15, 0.2) is 18.2 Å². The highest BCUT2D eigenvalue weighted by Crippen LogP contribution is 2.26. The van der Waals surface area contributed by atoms with Crippen molar-refractivity contribution in [2.75, 3.05) is 0 Å². The number of nitrogens with two attached hydrogens (primary N) is 1.